The standard InChI is InChI=1S/C36H52N4O3/c1-2-3-4-5-6-7-8-9-10-11-12-13-14-15-16-17-18-19-20-21-35(41)37-25-26-38-36(42)33-22-23-34(39-32-33)24-27-40-28-30-43-31-29-40/h3-4,6-7,9-10,12-13,15-16,18-19,22-23,32H,2,5,8,11,14,17,20-21,24-31H2,1H3,(H,37,41)(H,38,42). The third-order valence-corrected chi connectivity index (χ3v) is 6.74. The molecule has 0 aliphatic carbocycles. The lowest BCUT2D eigenvalue weighted by Gasteiger charge is -2.26. The lowest BCUT2D eigenvalue weighted by Crippen LogP contribution is -2.37. The van der Waals surface area contributed by atoms with Gasteiger partial charge in [0.2, 0.25) is 5.91 Å². The summed E-state index contributed by atoms with van der Waals surface area (Å²) in [5, 5.41) is 5.69. The zero-order valence-electron chi connectivity index (χ0n) is 26.1. The minimum absolute atomic E-state index is 0.0138. The Balaban J connectivity index is 1.43. The molecule has 0 unspecified atom stereocenters. The number of ether oxygens (including phenoxy) is 1. The fourth-order valence-corrected chi connectivity index (χ4v) is 4.23. The summed E-state index contributed by atoms with van der Waals surface area (Å²) in [6.45, 7) is 7.37. The summed E-state index contributed by atoms with van der Waals surface area (Å²) in [4.78, 5) is 31.2. The second-order valence-corrected chi connectivity index (χ2v) is 10.3. The van der Waals surface area contributed by atoms with Gasteiger partial charge in [-0.3, -0.25) is 19.5 Å². The minimum Gasteiger partial charge on any atom is -0.379 e. The van der Waals surface area contributed by atoms with Gasteiger partial charge in [-0.1, -0.05) is 79.8 Å². The predicted octanol–water partition coefficient (Wildman–Crippen LogP) is 6.28. The molecule has 234 valence electrons. The molecule has 2 rings (SSSR count). The fraction of sp³-hybridized carbons (Fsp3) is 0.472. The van der Waals surface area contributed by atoms with E-state index in [1.165, 1.54) is 0 Å². The van der Waals surface area contributed by atoms with Gasteiger partial charge < -0.3 is 15.4 Å². The third kappa shape index (κ3) is 19.3. The highest BCUT2D eigenvalue weighted by atomic mass is 16.5. The molecule has 2 N–H and O–H groups in total. The van der Waals surface area contributed by atoms with Crippen molar-refractivity contribution in [1.82, 2.24) is 20.5 Å². The molecule has 43 heavy (non-hydrogen) atoms. The molecule has 2 heterocycles. The number of pyridine rings is 1. The van der Waals surface area contributed by atoms with Gasteiger partial charge in [-0.2, -0.15) is 0 Å². The number of carbonyl (C=O) groups excluding carboxylic acids is 2. The molecule has 7 nitrogen and oxygen atoms in total. The first-order chi connectivity index (χ1) is 21.2. The van der Waals surface area contributed by atoms with Crippen LogP contribution in [0.25, 0.3) is 0 Å². The molecule has 1 fully saturated rings. The highest BCUT2D eigenvalue weighted by molar-refractivity contribution is 5.93. The normalized spacial score (nSPS) is 14.8. The van der Waals surface area contributed by atoms with E-state index in [9.17, 15) is 9.59 Å². The number of hydrogen-bond donors (Lipinski definition) is 2. The smallest absolute Gasteiger partial charge is 0.252 e. The summed E-state index contributed by atoms with van der Waals surface area (Å²) < 4.78 is 5.38. The molecule has 1 aromatic rings. The quantitative estimate of drug-likeness (QED) is 0.130. The minimum atomic E-state index is -0.181. The van der Waals surface area contributed by atoms with Crippen molar-refractivity contribution in [2.45, 2.75) is 64.7 Å². The van der Waals surface area contributed by atoms with Crippen molar-refractivity contribution < 1.29 is 14.3 Å². The molecule has 1 aromatic heterocycles. The molecule has 0 radical (unpaired) electrons. The van der Waals surface area contributed by atoms with E-state index in [2.05, 4.69) is 94.3 Å². The van der Waals surface area contributed by atoms with Crippen LogP contribution in [-0.2, 0) is 16.0 Å². The van der Waals surface area contributed by atoms with Gasteiger partial charge in [0.25, 0.3) is 5.91 Å². The second kappa shape index (κ2) is 25.0. The Morgan fingerprint density at radius 3 is 1.91 bits per heavy atom. The van der Waals surface area contributed by atoms with Gasteiger partial charge >= 0.3 is 0 Å². The molecule has 2 amide bonds. The van der Waals surface area contributed by atoms with Crippen LogP contribution in [-0.4, -0.2) is 67.6 Å². The first-order valence-corrected chi connectivity index (χ1v) is 15.9. The Morgan fingerprint density at radius 2 is 1.35 bits per heavy atom. The summed E-state index contributed by atoms with van der Waals surface area (Å²) in [7, 11) is 0. The van der Waals surface area contributed by atoms with Gasteiger partial charge in [-0.25, -0.2) is 0 Å². The second-order valence-electron chi connectivity index (χ2n) is 10.3. The number of nitrogens with one attached hydrogen (secondary N) is 2. The molecule has 0 atom stereocenters. The van der Waals surface area contributed by atoms with Crippen molar-refractivity contribution in [2.75, 3.05) is 45.9 Å². The first-order valence-electron chi connectivity index (χ1n) is 15.9. The Kier molecular flexibility index (Phi) is 20.7. The average molecular weight is 589 g/mol. The maximum Gasteiger partial charge on any atom is 0.252 e. The number of nitrogens with zero attached hydrogens (tertiary/aromatic N) is 2. The number of allylic oxidation sites excluding steroid dienone is 12. The van der Waals surface area contributed by atoms with Crippen LogP contribution in [0.2, 0.25) is 0 Å². The van der Waals surface area contributed by atoms with E-state index in [0.29, 0.717) is 31.5 Å². The molecule has 0 bridgehead atoms. The molecular formula is C36H52N4O3. The van der Waals surface area contributed by atoms with Crippen molar-refractivity contribution >= 4 is 11.8 Å². The monoisotopic (exact) mass is 588 g/mol. The summed E-state index contributed by atoms with van der Waals surface area (Å²) >= 11 is 0. The fourth-order valence-electron chi connectivity index (χ4n) is 4.23. The molecular weight excluding hydrogens is 536 g/mol. The number of amides is 2. The van der Waals surface area contributed by atoms with Crippen molar-refractivity contribution in [1.29, 1.82) is 0 Å². The lowest BCUT2D eigenvalue weighted by atomic mass is 10.2. The molecule has 0 spiro atoms. The van der Waals surface area contributed by atoms with Crippen LogP contribution < -0.4 is 10.6 Å². The summed E-state index contributed by atoms with van der Waals surface area (Å²) in [6, 6.07) is 3.72. The van der Waals surface area contributed by atoms with Crippen LogP contribution in [0.15, 0.2) is 91.2 Å². The first kappa shape index (κ1) is 35.6. The number of aromatic nitrogens is 1. The van der Waals surface area contributed by atoms with E-state index < -0.39 is 0 Å². The van der Waals surface area contributed by atoms with Crippen molar-refractivity contribution in [3.05, 3.63) is 102 Å². The molecule has 1 aliphatic rings. The van der Waals surface area contributed by atoms with E-state index in [1.54, 1.807) is 6.20 Å². The van der Waals surface area contributed by atoms with Gasteiger partial charge in [0, 0.05) is 57.5 Å². The number of rotatable bonds is 21. The molecule has 1 saturated heterocycles. The Bertz CT molecular complexity index is 1060. The number of morpholine rings is 1. The van der Waals surface area contributed by atoms with Gasteiger partial charge in [-0.15, -0.1) is 0 Å². The topological polar surface area (TPSA) is 83.6 Å². The van der Waals surface area contributed by atoms with E-state index in [1.807, 2.05) is 18.2 Å². The maximum atomic E-state index is 12.4. The molecule has 7 heteroatoms. The van der Waals surface area contributed by atoms with Gasteiger partial charge in [0.1, 0.15) is 0 Å². The van der Waals surface area contributed by atoms with E-state index in [0.717, 1.165) is 83.5 Å². The van der Waals surface area contributed by atoms with Gasteiger partial charge in [-0.05, 0) is 57.1 Å². The van der Waals surface area contributed by atoms with Crippen LogP contribution in [0.3, 0.4) is 0 Å². The van der Waals surface area contributed by atoms with Crippen LogP contribution >= 0.6 is 0 Å². The lowest BCUT2D eigenvalue weighted by molar-refractivity contribution is -0.120. The Hall–Kier alpha value is -3.55. The van der Waals surface area contributed by atoms with Crippen LogP contribution in [0.4, 0.5) is 0 Å². The molecule has 0 saturated carbocycles. The summed E-state index contributed by atoms with van der Waals surface area (Å²) in [6.07, 6.45) is 35.5. The molecule has 0 aromatic carbocycles. The van der Waals surface area contributed by atoms with Gasteiger partial charge in [0.15, 0.2) is 0 Å². The van der Waals surface area contributed by atoms with Crippen molar-refractivity contribution in [3.63, 3.8) is 0 Å². The summed E-state index contributed by atoms with van der Waals surface area (Å²) in [5.74, 6) is -0.195. The average Bonchev–Trinajstić information content (AvgIpc) is 3.04. The predicted molar refractivity (Wildman–Crippen MR) is 178 cm³/mol. The third-order valence-electron chi connectivity index (χ3n) is 6.74. The van der Waals surface area contributed by atoms with Crippen LogP contribution in [0.1, 0.15) is 74.3 Å². The Labute approximate surface area is 259 Å². The zero-order valence-corrected chi connectivity index (χ0v) is 26.1. The van der Waals surface area contributed by atoms with Gasteiger partial charge in [0.05, 0.1) is 18.8 Å². The number of carbonyl (C=O) groups is 2. The highest BCUT2D eigenvalue weighted by Gasteiger charge is 2.11. The Morgan fingerprint density at radius 1 is 0.791 bits per heavy atom. The highest BCUT2D eigenvalue weighted by Crippen LogP contribution is 2.04. The number of hydrogen-bond acceptors (Lipinski definition) is 5. The van der Waals surface area contributed by atoms with E-state index in [-0.39, 0.29) is 11.8 Å². The SMILES string of the molecule is CCC=CCC=CCC=CCC=CCC=CCC=CCCC(=O)NCCNC(=O)c1ccc(CCN2CCOCC2)nc1. The van der Waals surface area contributed by atoms with Crippen LogP contribution in [0, 0.1) is 0 Å². The van der Waals surface area contributed by atoms with E-state index >= 15 is 0 Å². The summed E-state index contributed by atoms with van der Waals surface area (Å²) in [5.41, 5.74) is 1.50. The van der Waals surface area contributed by atoms with E-state index in [4.69, 9.17) is 4.74 Å². The van der Waals surface area contributed by atoms with Crippen LogP contribution in [0.5, 0.6) is 0 Å². The van der Waals surface area contributed by atoms with Crippen molar-refractivity contribution in [2.24, 2.45) is 0 Å². The van der Waals surface area contributed by atoms with Crippen molar-refractivity contribution in [3.8, 4) is 0 Å². The zero-order chi connectivity index (χ0) is 30.6. The maximum absolute atomic E-state index is 12.4. The molecule has 1 aliphatic heterocycles. The largest absolute Gasteiger partial charge is 0.379 e.